The lowest BCUT2D eigenvalue weighted by Crippen LogP contribution is -2.45. The molecule has 0 aliphatic heterocycles. The van der Waals surface area contributed by atoms with Crippen molar-refractivity contribution in [3.8, 4) is 6.07 Å². The van der Waals surface area contributed by atoms with Crippen LogP contribution in [-0.4, -0.2) is 35.5 Å². The van der Waals surface area contributed by atoms with E-state index in [2.05, 4.69) is 0 Å². The third-order valence-corrected chi connectivity index (χ3v) is 3.55. The average molecular weight is 288 g/mol. The first-order valence-electron chi connectivity index (χ1n) is 6.45. The summed E-state index contributed by atoms with van der Waals surface area (Å²) < 4.78 is 13.7. The Labute approximate surface area is 121 Å². The number of hydrogen-bond donors (Lipinski definition) is 0. The van der Waals surface area contributed by atoms with Crippen molar-refractivity contribution in [3.05, 3.63) is 35.1 Å². The van der Waals surface area contributed by atoms with E-state index in [1.807, 2.05) is 6.07 Å². The number of likely N-dealkylation sites (N-methyl/N-ethyl adjacent to an activating group) is 1. The molecule has 5 nitrogen and oxygen atoms in total. The van der Waals surface area contributed by atoms with Gasteiger partial charge in [-0.2, -0.15) is 5.26 Å². The van der Waals surface area contributed by atoms with Gasteiger partial charge in [0.1, 0.15) is 11.6 Å². The molecule has 6 heteroatoms. The third-order valence-electron chi connectivity index (χ3n) is 3.55. The van der Waals surface area contributed by atoms with Crippen molar-refractivity contribution in [1.82, 2.24) is 4.90 Å². The Hall–Kier alpha value is -2.55. The highest BCUT2D eigenvalue weighted by Crippen LogP contribution is 2.20. The van der Waals surface area contributed by atoms with Crippen molar-refractivity contribution in [1.29, 1.82) is 5.26 Å². The molecule has 0 saturated heterocycles. The highest BCUT2D eigenvalue weighted by molar-refractivity contribution is 6.06. The molecule has 1 aliphatic carbocycles. The first kappa shape index (κ1) is 14.9. The molecule has 1 saturated carbocycles. The predicted octanol–water partition coefficient (Wildman–Crippen LogP) is 1.46. The first-order valence-corrected chi connectivity index (χ1v) is 6.45. The Morgan fingerprint density at radius 1 is 1.43 bits per heavy atom. The molecule has 0 spiro atoms. The molecule has 0 radical (unpaired) electrons. The topological polar surface area (TPSA) is 78.2 Å². The summed E-state index contributed by atoms with van der Waals surface area (Å²) in [6.45, 7) is 0. The smallest absolute Gasteiger partial charge is 0.257 e. The maximum atomic E-state index is 13.7. The van der Waals surface area contributed by atoms with E-state index >= 15 is 0 Å². The van der Waals surface area contributed by atoms with Gasteiger partial charge in [-0.1, -0.05) is 0 Å². The molecule has 1 unspecified atom stereocenters. The minimum Gasteiger partial charge on any atom is -0.332 e. The number of nitrogens with zero attached hydrogens (tertiary/aromatic N) is 2. The Kier molecular flexibility index (Phi) is 4.13. The van der Waals surface area contributed by atoms with Gasteiger partial charge in [-0.25, -0.2) is 4.39 Å². The summed E-state index contributed by atoms with van der Waals surface area (Å²) >= 11 is 0. The van der Waals surface area contributed by atoms with Crippen LogP contribution in [0.5, 0.6) is 0 Å². The summed E-state index contributed by atoms with van der Waals surface area (Å²) in [4.78, 5) is 36.5. The lowest BCUT2D eigenvalue weighted by atomic mass is 9.91. The monoisotopic (exact) mass is 288 g/mol. The minimum atomic E-state index is -0.745. The molecule has 0 bridgehead atoms. The van der Waals surface area contributed by atoms with Crippen LogP contribution in [0.2, 0.25) is 0 Å². The van der Waals surface area contributed by atoms with Crippen LogP contribution in [0.1, 0.15) is 35.2 Å². The summed E-state index contributed by atoms with van der Waals surface area (Å²) in [6, 6.07) is 4.59. The van der Waals surface area contributed by atoms with Gasteiger partial charge in [-0.05, 0) is 24.6 Å². The van der Waals surface area contributed by atoms with Crippen LogP contribution >= 0.6 is 0 Å². The summed E-state index contributed by atoms with van der Waals surface area (Å²) in [5.74, 6) is -1.89. The molecule has 1 aliphatic rings. The van der Waals surface area contributed by atoms with E-state index in [1.165, 1.54) is 13.1 Å². The molecule has 1 amide bonds. The number of Topliss-reactive ketones (excluding diaryl/α,β-unsaturated/α-hetero) is 2. The molecule has 2 rings (SSSR count). The molecule has 0 heterocycles. The molecular formula is C15H13FN2O3. The van der Waals surface area contributed by atoms with Crippen LogP contribution in [0, 0.1) is 17.1 Å². The lowest BCUT2D eigenvalue weighted by molar-refractivity contribution is -0.132. The number of amides is 1. The van der Waals surface area contributed by atoms with E-state index in [-0.39, 0.29) is 42.0 Å². The normalized spacial score (nSPS) is 18.2. The standard InChI is InChI=1S/C15H13FN2O3/c1-18(13-5-3-10(19)7-14(13)20)15(21)11-6-9(8-17)2-4-12(11)16/h2,4,6,13H,3,5,7H2,1H3. The quantitative estimate of drug-likeness (QED) is 0.772. The largest absolute Gasteiger partial charge is 0.332 e. The van der Waals surface area contributed by atoms with Gasteiger partial charge in [-0.15, -0.1) is 0 Å². The van der Waals surface area contributed by atoms with Crippen molar-refractivity contribution in [2.75, 3.05) is 7.05 Å². The van der Waals surface area contributed by atoms with E-state index in [0.717, 1.165) is 17.0 Å². The summed E-state index contributed by atoms with van der Waals surface area (Å²) in [7, 11) is 1.40. The van der Waals surface area contributed by atoms with Crippen molar-refractivity contribution in [2.24, 2.45) is 0 Å². The lowest BCUT2D eigenvalue weighted by Gasteiger charge is -2.29. The molecule has 21 heavy (non-hydrogen) atoms. The number of carbonyl (C=O) groups is 3. The van der Waals surface area contributed by atoms with Gasteiger partial charge in [0.05, 0.1) is 29.7 Å². The average Bonchev–Trinajstić information content (AvgIpc) is 2.46. The van der Waals surface area contributed by atoms with Gasteiger partial charge in [0.15, 0.2) is 5.78 Å². The van der Waals surface area contributed by atoms with Crippen molar-refractivity contribution >= 4 is 17.5 Å². The molecule has 1 fully saturated rings. The number of ketones is 2. The third kappa shape index (κ3) is 2.97. The number of hydrogen-bond acceptors (Lipinski definition) is 4. The van der Waals surface area contributed by atoms with Gasteiger partial charge >= 0.3 is 0 Å². The number of halogens is 1. The maximum absolute atomic E-state index is 13.7. The zero-order valence-electron chi connectivity index (χ0n) is 11.4. The Balaban J connectivity index is 2.25. The number of rotatable bonds is 2. The number of nitriles is 1. The fourth-order valence-corrected chi connectivity index (χ4v) is 2.36. The fraction of sp³-hybridized carbons (Fsp3) is 0.333. The van der Waals surface area contributed by atoms with Crippen LogP contribution < -0.4 is 0 Å². The van der Waals surface area contributed by atoms with E-state index in [4.69, 9.17) is 5.26 Å². The van der Waals surface area contributed by atoms with E-state index in [0.29, 0.717) is 0 Å². The zero-order valence-corrected chi connectivity index (χ0v) is 11.4. The fourth-order valence-electron chi connectivity index (χ4n) is 2.36. The van der Waals surface area contributed by atoms with Gasteiger partial charge in [-0.3, -0.25) is 14.4 Å². The second-order valence-electron chi connectivity index (χ2n) is 4.96. The first-order chi connectivity index (χ1) is 9.93. The van der Waals surface area contributed by atoms with Crippen molar-refractivity contribution in [2.45, 2.75) is 25.3 Å². The molecule has 1 aromatic carbocycles. The van der Waals surface area contributed by atoms with Crippen LogP contribution in [0.3, 0.4) is 0 Å². The second-order valence-corrected chi connectivity index (χ2v) is 4.96. The zero-order chi connectivity index (χ0) is 15.6. The summed E-state index contributed by atoms with van der Waals surface area (Å²) in [6.07, 6.45) is 0.289. The molecule has 1 atom stereocenters. The molecule has 0 aromatic heterocycles. The van der Waals surface area contributed by atoms with Crippen LogP contribution in [0.15, 0.2) is 18.2 Å². The van der Waals surface area contributed by atoms with E-state index in [1.54, 1.807) is 0 Å². The maximum Gasteiger partial charge on any atom is 0.257 e. The molecule has 108 valence electrons. The molecule has 1 aromatic rings. The highest BCUT2D eigenvalue weighted by atomic mass is 19.1. The van der Waals surface area contributed by atoms with Crippen LogP contribution in [0.25, 0.3) is 0 Å². The van der Waals surface area contributed by atoms with E-state index in [9.17, 15) is 18.8 Å². The van der Waals surface area contributed by atoms with Gasteiger partial charge in [0.2, 0.25) is 0 Å². The predicted molar refractivity (Wildman–Crippen MR) is 70.9 cm³/mol. The van der Waals surface area contributed by atoms with Crippen molar-refractivity contribution < 1.29 is 18.8 Å². The van der Waals surface area contributed by atoms with Crippen LogP contribution in [0.4, 0.5) is 4.39 Å². The Morgan fingerprint density at radius 2 is 2.14 bits per heavy atom. The second kappa shape index (κ2) is 5.83. The van der Waals surface area contributed by atoms with Crippen molar-refractivity contribution in [3.63, 3.8) is 0 Å². The Morgan fingerprint density at radius 3 is 2.76 bits per heavy atom. The van der Waals surface area contributed by atoms with Gasteiger partial charge in [0.25, 0.3) is 5.91 Å². The Bertz CT molecular complexity index is 663. The number of carbonyl (C=O) groups excluding carboxylic acids is 3. The number of benzene rings is 1. The van der Waals surface area contributed by atoms with Crippen LogP contribution in [-0.2, 0) is 9.59 Å². The molecular weight excluding hydrogens is 275 g/mol. The van der Waals surface area contributed by atoms with Gasteiger partial charge < -0.3 is 4.90 Å². The summed E-state index contributed by atoms with van der Waals surface area (Å²) in [5.41, 5.74) is -0.0838. The molecule has 0 N–H and O–H groups in total. The van der Waals surface area contributed by atoms with E-state index < -0.39 is 17.8 Å². The summed E-state index contributed by atoms with van der Waals surface area (Å²) in [5, 5.41) is 8.80. The minimum absolute atomic E-state index is 0.144. The SMILES string of the molecule is CN(C(=O)c1cc(C#N)ccc1F)C1CCC(=O)CC1=O. The van der Waals surface area contributed by atoms with Gasteiger partial charge in [0, 0.05) is 13.5 Å². The highest BCUT2D eigenvalue weighted by Gasteiger charge is 2.33.